The molecule has 0 bridgehead atoms. The average Bonchev–Trinajstić information content (AvgIpc) is 3.42. The molecule has 0 aliphatic carbocycles. The maximum Gasteiger partial charge on any atom is 0.127 e. The van der Waals surface area contributed by atoms with E-state index in [0.717, 1.165) is 76.4 Å². The van der Waals surface area contributed by atoms with E-state index in [1.807, 2.05) is 30.5 Å². The molecule has 0 amide bonds. The van der Waals surface area contributed by atoms with Gasteiger partial charge in [-0.15, -0.1) is 0 Å². The number of pyridine rings is 1. The van der Waals surface area contributed by atoms with E-state index in [2.05, 4.69) is 31.5 Å². The molecule has 1 fully saturated rings. The topological polar surface area (TPSA) is 89.6 Å². The van der Waals surface area contributed by atoms with Crippen LogP contribution in [0.3, 0.4) is 0 Å². The van der Waals surface area contributed by atoms with Crippen LogP contribution in [0.15, 0.2) is 54.7 Å². The Morgan fingerprint density at radius 3 is 2.69 bits per heavy atom. The third kappa shape index (κ3) is 3.22. The number of nitrogens with one attached hydrogen (secondary N) is 3. The summed E-state index contributed by atoms with van der Waals surface area (Å²) in [6.45, 7) is 2.03. The van der Waals surface area contributed by atoms with E-state index in [1.165, 1.54) is 6.07 Å². The Morgan fingerprint density at radius 1 is 0.969 bits per heavy atom. The summed E-state index contributed by atoms with van der Waals surface area (Å²) < 4.78 is 13.9. The van der Waals surface area contributed by atoms with Crippen LogP contribution in [0, 0.1) is 5.82 Å². The summed E-state index contributed by atoms with van der Waals surface area (Å²) in [5.74, 6) is -0.105. The number of aromatic amines is 2. The van der Waals surface area contributed by atoms with Crippen molar-refractivity contribution >= 4 is 21.8 Å². The van der Waals surface area contributed by atoms with Crippen LogP contribution in [0.25, 0.3) is 44.3 Å². The van der Waals surface area contributed by atoms with Crippen molar-refractivity contribution in [1.29, 1.82) is 0 Å². The van der Waals surface area contributed by atoms with Gasteiger partial charge < -0.3 is 15.4 Å². The molecule has 0 spiro atoms. The van der Waals surface area contributed by atoms with E-state index in [0.29, 0.717) is 11.5 Å². The molecule has 0 saturated carbocycles. The Morgan fingerprint density at radius 2 is 1.84 bits per heavy atom. The zero-order valence-corrected chi connectivity index (χ0v) is 17.3. The summed E-state index contributed by atoms with van der Waals surface area (Å²) in [7, 11) is 0. The lowest BCUT2D eigenvalue weighted by Crippen LogP contribution is -2.27. The zero-order valence-electron chi connectivity index (χ0n) is 17.3. The smallest absolute Gasteiger partial charge is 0.127 e. The number of phenolic OH excluding ortho intramolecular Hbond substituents is 1. The van der Waals surface area contributed by atoms with Gasteiger partial charge in [-0.05, 0) is 67.4 Å². The van der Waals surface area contributed by atoms with Crippen molar-refractivity contribution in [2.24, 2.45) is 0 Å². The van der Waals surface area contributed by atoms with Crippen molar-refractivity contribution in [2.75, 3.05) is 13.1 Å². The normalized spacial score (nSPS) is 15.0. The van der Waals surface area contributed by atoms with Gasteiger partial charge in [-0.1, -0.05) is 12.1 Å². The number of aromatic hydroxyl groups is 1. The first-order valence-corrected chi connectivity index (χ1v) is 10.8. The molecular weight excluding hydrogens is 405 g/mol. The largest absolute Gasteiger partial charge is 0.508 e. The SMILES string of the molecule is Oc1cc(F)cc(-c2cccc3[nH]c(-c4n[nH]c5cnc(C6CCNCC6)cc45)cc23)c1. The van der Waals surface area contributed by atoms with Gasteiger partial charge in [0.1, 0.15) is 17.3 Å². The van der Waals surface area contributed by atoms with E-state index < -0.39 is 5.82 Å². The van der Waals surface area contributed by atoms with Gasteiger partial charge in [-0.2, -0.15) is 5.10 Å². The predicted molar refractivity (Wildman–Crippen MR) is 123 cm³/mol. The van der Waals surface area contributed by atoms with Crippen molar-refractivity contribution in [3.63, 3.8) is 0 Å². The first-order chi connectivity index (χ1) is 15.7. The highest BCUT2D eigenvalue weighted by Gasteiger charge is 2.19. The molecule has 0 atom stereocenters. The van der Waals surface area contributed by atoms with Crippen LogP contribution in [0.2, 0.25) is 0 Å². The maximum absolute atomic E-state index is 13.9. The summed E-state index contributed by atoms with van der Waals surface area (Å²) in [6.07, 6.45) is 4.04. The fraction of sp³-hybridized carbons (Fsp3) is 0.200. The van der Waals surface area contributed by atoms with Gasteiger partial charge in [-0.25, -0.2) is 4.39 Å². The lowest BCUT2D eigenvalue weighted by atomic mass is 9.93. The van der Waals surface area contributed by atoms with Gasteiger partial charge >= 0.3 is 0 Å². The third-order valence-electron chi connectivity index (χ3n) is 6.34. The summed E-state index contributed by atoms with van der Waals surface area (Å²) in [5.41, 5.74) is 6.11. The van der Waals surface area contributed by atoms with E-state index in [-0.39, 0.29) is 5.75 Å². The highest BCUT2D eigenvalue weighted by atomic mass is 19.1. The third-order valence-corrected chi connectivity index (χ3v) is 6.34. The number of fused-ring (bicyclic) bond motifs is 2. The van der Waals surface area contributed by atoms with Crippen LogP contribution < -0.4 is 5.32 Å². The molecule has 160 valence electrons. The van der Waals surface area contributed by atoms with Crippen LogP contribution in [0.5, 0.6) is 5.75 Å². The first kappa shape index (κ1) is 19.0. The molecule has 7 heteroatoms. The minimum atomic E-state index is -0.469. The summed E-state index contributed by atoms with van der Waals surface area (Å²) >= 11 is 0. The number of rotatable bonds is 3. The van der Waals surface area contributed by atoms with Crippen molar-refractivity contribution in [3.8, 4) is 28.3 Å². The number of phenols is 1. The Kier molecular flexibility index (Phi) is 4.43. The fourth-order valence-electron chi connectivity index (χ4n) is 4.74. The Hall–Kier alpha value is -3.71. The predicted octanol–water partition coefficient (Wildman–Crippen LogP) is 5.08. The van der Waals surface area contributed by atoms with Gasteiger partial charge in [0.05, 0.1) is 17.4 Å². The van der Waals surface area contributed by atoms with Crippen molar-refractivity contribution in [3.05, 3.63) is 66.2 Å². The first-order valence-electron chi connectivity index (χ1n) is 10.8. The Labute approximate surface area is 183 Å². The number of benzene rings is 2. The number of nitrogens with zero attached hydrogens (tertiary/aromatic N) is 2. The molecule has 5 aromatic rings. The van der Waals surface area contributed by atoms with Gasteiger partial charge in [0.15, 0.2) is 0 Å². The second kappa shape index (κ2) is 7.46. The minimum Gasteiger partial charge on any atom is -0.508 e. The molecule has 1 saturated heterocycles. The molecule has 2 aromatic carbocycles. The molecule has 32 heavy (non-hydrogen) atoms. The van der Waals surface area contributed by atoms with E-state index in [9.17, 15) is 9.50 Å². The van der Waals surface area contributed by atoms with Crippen LogP contribution in [0.4, 0.5) is 4.39 Å². The molecule has 6 rings (SSSR count). The lowest BCUT2D eigenvalue weighted by molar-refractivity contribution is 0.453. The Bertz CT molecular complexity index is 1430. The number of hydrogen-bond acceptors (Lipinski definition) is 4. The van der Waals surface area contributed by atoms with Crippen LogP contribution in [-0.2, 0) is 0 Å². The van der Waals surface area contributed by atoms with E-state index in [1.54, 1.807) is 6.07 Å². The van der Waals surface area contributed by atoms with E-state index in [4.69, 9.17) is 0 Å². The summed E-state index contributed by atoms with van der Waals surface area (Å²) in [6, 6.07) is 14.1. The number of piperidine rings is 1. The van der Waals surface area contributed by atoms with Gasteiger partial charge in [-0.3, -0.25) is 10.1 Å². The number of aromatic nitrogens is 4. The number of hydrogen-bond donors (Lipinski definition) is 4. The number of halogens is 1. The zero-order chi connectivity index (χ0) is 21.7. The van der Waals surface area contributed by atoms with Crippen LogP contribution in [0.1, 0.15) is 24.5 Å². The molecule has 1 aliphatic rings. The molecule has 0 radical (unpaired) electrons. The van der Waals surface area contributed by atoms with Gasteiger partial charge in [0.2, 0.25) is 0 Å². The van der Waals surface area contributed by atoms with E-state index >= 15 is 0 Å². The van der Waals surface area contributed by atoms with Crippen molar-refractivity contribution < 1.29 is 9.50 Å². The average molecular weight is 427 g/mol. The van der Waals surface area contributed by atoms with Crippen molar-refractivity contribution in [2.45, 2.75) is 18.8 Å². The molecule has 1 aliphatic heterocycles. The Balaban J connectivity index is 1.47. The van der Waals surface area contributed by atoms with Crippen molar-refractivity contribution in [1.82, 2.24) is 25.5 Å². The standard InChI is InChI=1S/C25H22FN5O/c26-16-8-15(9-17(32)10-16)18-2-1-3-21-19(18)11-23(29-21)25-20-12-22(14-4-6-27-7-5-14)28-13-24(20)30-31-25/h1-3,8-14,27,29,32H,4-7H2,(H,30,31). The minimum absolute atomic E-state index is 0.0935. The highest BCUT2D eigenvalue weighted by Crippen LogP contribution is 2.36. The lowest BCUT2D eigenvalue weighted by Gasteiger charge is -2.22. The second-order valence-corrected chi connectivity index (χ2v) is 8.40. The molecule has 4 N–H and O–H groups in total. The highest BCUT2D eigenvalue weighted by molar-refractivity contribution is 6.01. The molecule has 3 aromatic heterocycles. The van der Waals surface area contributed by atoms with Crippen LogP contribution in [-0.4, -0.2) is 38.4 Å². The molecule has 6 nitrogen and oxygen atoms in total. The fourth-order valence-corrected chi connectivity index (χ4v) is 4.74. The molecular formula is C25H22FN5O. The van der Waals surface area contributed by atoms with Crippen LogP contribution >= 0.6 is 0 Å². The van der Waals surface area contributed by atoms with Gasteiger partial charge in [0, 0.05) is 34.0 Å². The number of H-pyrrole nitrogens is 2. The monoisotopic (exact) mass is 427 g/mol. The summed E-state index contributed by atoms with van der Waals surface area (Å²) in [4.78, 5) is 8.14. The molecule has 0 unspecified atom stereocenters. The maximum atomic E-state index is 13.9. The summed E-state index contributed by atoms with van der Waals surface area (Å²) in [5, 5.41) is 22.9. The quantitative estimate of drug-likeness (QED) is 0.323. The van der Waals surface area contributed by atoms with Gasteiger partial charge in [0.25, 0.3) is 0 Å². The molecule has 4 heterocycles. The second-order valence-electron chi connectivity index (χ2n) is 8.40.